The van der Waals surface area contributed by atoms with E-state index in [0.29, 0.717) is 23.4 Å². The number of carbonyl (C=O) groups is 1. The largest absolute Gasteiger partial charge is 0.598 e. The van der Waals surface area contributed by atoms with Gasteiger partial charge >= 0.3 is 5.97 Å². The Morgan fingerprint density at radius 2 is 1.82 bits per heavy atom. The Morgan fingerprint density at radius 1 is 1.09 bits per heavy atom. The Hall–Kier alpha value is -3.20. The van der Waals surface area contributed by atoms with Crippen LogP contribution in [0.3, 0.4) is 0 Å². The summed E-state index contributed by atoms with van der Waals surface area (Å²) in [4.78, 5) is 15.7. The molecular weight excluding hydrogens is 438 g/mol. The van der Waals surface area contributed by atoms with Crippen molar-refractivity contribution in [1.29, 1.82) is 0 Å². The zero-order valence-corrected chi connectivity index (χ0v) is 19.4. The number of aromatic carboxylic acids is 1. The quantitative estimate of drug-likeness (QED) is 0.374. The van der Waals surface area contributed by atoms with Gasteiger partial charge in [-0.05, 0) is 50.6 Å². The van der Waals surface area contributed by atoms with E-state index >= 15 is 0 Å². The molecule has 2 heterocycles. The Balaban J connectivity index is 1.79. The third-order valence-corrected chi connectivity index (χ3v) is 6.82. The topological polar surface area (TPSA) is 111 Å². The fourth-order valence-electron chi connectivity index (χ4n) is 3.54. The molecule has 0 saturated heterocycles. The smallest absolute Gasteiger partial charge is 0.354 e. The van der Waals surface area contributed by atoms with E-state index in [9.17, 15) is 14.5 Å². The first-order valence-electron chi connectivity index (χ1n) is 10.5. The maximum absolute atomic E-state index is 13.1. The number of para-hydroxylation sites is 1. The number of rotatable bonds is 7. The molecule has 4 rings (SSSR count). The number of fused-ring (bicyclic) bond motifs is 1. The minimum atomic E-state index is -1.38. The second-order valence-corrected chi connectivity index (χ2v) is 10.7. The van der Waals surface area contributed by atoms with Gasteiger partial charge in [0.15, 0.2) is 5.58 Å². The monoisotopic (exact) mass is 463 g/mol. The van der Waals surface area contributed by atoms with Crippen LogP contribution >= 0.6 is 0 Å². The molecule has 0 amide bonds. The molecule has 0 aliphatic heterocycles. The van der Waals surface area contributed by atoms with Crippen LogP contribution in [-0.4, -0.2) is 30.5 Å². The average molecular weight is 464 g/mol. The molecule has 0 bridgehead atoms. The fourth-order valence-corrected chi connectivity index (χ4v) is 4.36. The lowest BCUT2D eigenvalue weighted by atomic mass is 9.94. The Morgan fingerprint density at radius 3 is 2.58 bits per heavy atom. The molecule has 33 heavy (non-hydrogen) atoms. The zero-order valence-electron chi connectivity index (χ0n) is 18.6. The summed E-state index contributed by atoms with van der Waals surface area (Å²) in [5, 5.41) is 14.5. The van der Waals surface area contributed by atoms with Gasteiger partial charge in [0.2, 0.25) is 0 Å². The van der Waals surface area contributed by atoms with Crippen LogP contribution in [0, 0.1) is 0 Å². The van der Waals surface area contributed by atoms with Gasteiger partial charge in [0, 0.05) is 34.4 Å². The molecular formula is C25H25N3O4S. The molecule has 7 nitrogen and oxygen atoms in total. The molecule has 0 aliphatic rings. The molecule has 0 aliphatic carbocycles. The second-order valence-electron chi connectivity index (χ2n) is 8.69. The lowest BCUT2D eigenvalue weighted by Crippen LogP contribution is -2.42. The molecule has 8 heteroatoms. The molecule has 2 N–H and O–H groups in total. The summed E-state index contributed by atoms with van der Waals surface area (Å²) in [7, 11) is 0. The molecule has 2 aromatic heterocycles. The molecule has 0 saturated carbocycles. The highest BCUT2D eigenvalue weighted by molar-refractivity contribution is 7.90. The maximum atomic E-state index is 13.1. The van der Waals surface area contributed by atoms with Crippen LogP contribution in [0.2, 0.25) is 0 Å². The standard InChI is InChI=1S/C25H25N3O4S/c1-25(2,3)33(31)28-21(15-16-9-8-13-20(26-16)24(29)30)17-10-4-5-11-18(17)23-19-12-6-7-14-22(19)32-27-23/h4-14,21,28H,15H2,1-3H3,(H,29,30)/t21-,33?/m0/s1. The van der Waals surface area contributed by atoms with Gasteiger partial charge in [0.05, 0.1) is 6.04 Å². The molecule has 4 aromatic rings. The van der Waals surface area contributed by atoms with Crippen LogP contribution in [0.25, 0.3) is 22.2 Å². The van der Waals surface area contributed by atoms with Crippen molar-refractivity contribution in [2.45, 2.75) is 38.0 Å². The van der Waals surface area contributed by atoms with Crippen molar-refractivity contribution in [3.8, 4) is 11.3 Å². The van der Waals surface area contributed by atoms with Crippen LogP contribution in [-0.2, 0) is 17.8 Å². The van der Waals surface area contributed by atoms with Crippen LogP contribution in [0.4, 0.5) is 0 Å². The Labute approximate surface area is 195 Å². The minimum absolute atomic E-state index is 0.0287. The summed E-state index contributed by atoms with van der Waals surface area (Å²) >= 11 is -1.38. The molecule has 2 aromatic carbocycles. The van der Waals surface area contributed by atoms with E-state index < -0.39 is 28.1 Å². The van der Waals surface area contributed by atoms with E-state index in [1.807, 2.05) is 69.3 Å². The zero-order chi connectivity index (χ0) is 23.6. The minimum Gasteiger partial charge on any atom is -0.598 e. The second kappa shape index (κ2) is 9.35. The number of pyridine rings is 1. The summed E-state index contributed by atoms with van der Waals surface area (Å²) in [6, 6.07) is 19.9. The van der Waals surface area contributed by atoms with Crippen molar-refractivity contribution in [1.82, 2.24) is 14.9 Å². The van der Waals surface area contributed by atoms with Crippen molar-refractivity contribution < 1.29 is 19.0 Å². The van der Waals surface area contributed by atoms with Crippen LogP contribution in [0.5, 0.6) is 0 Å². The molecule has 2 atom stereocenters. The number of carboxylic acid groups (broad SMARTS) is 1. The van der Waals surface area contributed by atoms with E-state index in [4.69, 9.17) is 4.52 Å². The summed E-state index contributed by atoms with van der Waals surface area (Å²) in [6.07, 6.45) is 0.343. The molecule has 0 radical (unpaired) electrons. The van der Waals surface area contributed by atoms with Crippen molar-refractivity contribution in [3.05, 3.63) is 83.7 Å². The number of aromatic nitrogens is 2. The van der Waals surface area contributed by atoms with Crippen molar-refractivity contribution >= 4 is 28.3 Å². The number of carboxylic acids is 1. The molecule has 0 fully saturated rings. The normalized spacial score (nSPS) is 13.7. The summed E-state index contributed by atoms with van der Waals surface area (Å²) in [5.41, 5.74) is 3.65. The summed E-state index contributed by atoms with van der Waals surface area (Å²) in [5.74, 6) is -1.09. The maximum Gasteiger partial charge on any atom is 0.354 e. The molecule has 1 unspecified atom stereocenters. The Kier molecular flexibility index (Phi) is 6.51. The van der Waals surface area contributed by atoms with E-state index in [1.165, 1.54) is 6.07 Å². The van der Waals surface area contributed by atoms with Gasteiger partial charge < -0.3 is 14.2 Å². The van der Waals surface area contributed by atoms with Crippen molar-refractivity contribution in [2.75, 3.05) is 0 Å². The van der Waals surface area contributed by atoms with E-state index in [0.717, 1.165) is 16.5 Å². The van der Waals surface area contributed by atoms with Gasteiger partial charge in [-0.15, -0.1) is 4.72 Å². The first kappa shape index (κ1) is 23.0. The summed E-state index contributed by atoms with van der Waals surface area (Å²) < 4.78 is 21.4. The van der Waals surface area contributed by atoms with Crippen molar-refractivity contribution in [3.63, 3.8) is 0 Å². The number of nitrogens with zero attached hydrogens (tertiary/aromatic N) is 2. The van der Waals surface area contributed by atoms with Gasteiger partial charge in [-0.25, -0.2) is 9.78 Å². The number of benzene rings is 2. The number of hydrogen-bond acceptors (Lipinski definition) is 6. The third kappa shape index (κ3) is 5.08. The predicted molar refractivity (Wildman–Crippen MR) is 128 cm³/mol. The fraction of sp³-hybridized carbons (Fsp3) is 0.240. The summed E-state index contributed by atoms with van der Waals surface area (Å²) in [6.45, 7) is 5.69. The van der Waals surface area contributed by atoms with E-state index in [1.54, 1.807) is 12.1 Å². The van der Waals surface area contributed by atoms with Gasteiger partial charge in [-0.2, -0.15) is 0 Å². The van der Waals surface area contributed by atoms with Gasteiger partial charge in [-0.3, -0.25) is 0 Å². The first-order chi connectivity index (χ1) is 15.7. The first-order valence-corrected chi connectivity index (χ1v) is 11.7. The highest BCUT2D eigenvalue weighted by Crippen LogP contribution is 2.35. The molecule has 170 valence electrons. The van der Waals surface area contributed by atoms with Crippen LogP contribution < -0.4 is 4.72 Å². The van der Waals surface area contributed by atoms with Gasteiger partial charge in [-0.1, -0.05) is 47.6 Å². The van der Waals surface area contributed by atoms with Crippen molar-refractivity contribution in [2.24, 2.45) is 0 Å². The van der Waals surface area contributed by atoms with Gasteiger partial charge in [0.25, 0.3) is 0 Å². The predicted octanol–water partition coefficient (Wildman–Crippen LogP) is 4.92. The third-order valence-electron chi connectivity index (χ3n) is 5.21. The molecule has 0 spiro atoms. The van der Waals surface area contributed by atoms with Crippen LogP contribution in [0.15, 0.2) is 71.3 Å². The Bertz CT molecular complexity index is 1280. The highest BCUT2D eigenvalue weighted by atomic mass is 32.2. The van der Waals surface area contributed by atoms with E-state index in [-0.39, 0.29) is 5.69 Å². The van der Waals surface area contributed by atoms with Crippen LogP contribution in [0.1, 0.15) is 48.6 Å². The lowest BCUT2D eigenvalue weighted by Gasteiger charge is -2.29. The number of hydrogen-bond donors (Lipinski definition) is 2. The highest BCUT2D eigenvalue weighted by Gasteiger charge is 2.31. The number of nitrogens with one attached hydrogen (secondary N) is 1. The average Bonchev–Trinajstić information content (AvgIpc) is 3.22. The van der Waals surface area contributed by atoms with Gasteiger partial charge in [0.1, 0.15) is 16.1 Å². The van der Waals surface area contributed by atoms with E-state index in [2.05, 4.69) is 14.9 Å². The SMILES string of the molecule is CC(C)(C)[S+]([O-])N[C@@H](Cc1cccc(C(=O)O)n1)c1ccccc1-c1noc2ccccc12. The lowest BCUT2D eigenvalue weighted by molar-refractivity contribution is 0.0690.